The second-order valence-electron chi connectivity index (χ2n) is 5.14. The molecule has 1 aliphatic heterocycles. The van der Waals surface area contributed by atoms with Crippen LogP contribution in [0.4, 0.5) is 5.69 Å². The first-order chi connectivity index (χ1) is 8.13. The molecule has 2 rings (SSSR count). The van der Waals surface area contributed by atoms with E-state index in [1.807, 2.05) is 0 Å². The van der Waals surface area contributed by atoms with Gasteiger partial charge in [0.15, 0.2) is 0 Å². The van der Waals surface area contributed by atoms with E-state index in [2.05, 4.69) is 61.8 Å². The van der Waals surface area contributed by atoms with Crippen molar-refractivity contribution in [2.24, 2.45) is 0 Å². The number of hydrogen-bond donors (Lipinski definition) is 0. The number of aryl methyl sites for hydroxylation is 1. The molecule has 1 aromatic carbocycles. The highest BCUT2D eigenvalue weighted by atomic mass is 15.3. The molecule has 2 nitrogen and oxygen atoms in total. The molecule has 2 atom stereocenters. The molecule has 0 bridgehead atoms. The Morgan fingerprint density at radius 1 is 1.18 bits per heavy atom. The van der Waals surface area contributed by atoms with Crippen LogP contribution in [0, 0.1) is 6.92 Å². The number of nitrogens with zero attached hydrogens (tertiary/aromatic N) is 2. The second kappa shape index (κ2) is 5.09. The van der Waals surface area contributed by atoms with E-state index in [9.17, 15) is 0 Å². The molecule has 0 aliphatic carbocycles. The lowest BCUT2D eigenvalue weighted by Crippen LogP contribution is -2.57. The minimum absolute atomic E-state index is 0.588. The molecule has 94 valence electrons. The van der Waals surface area contributed by atoms with Gasteiger partial charge in [-0.1, -0.05) is 19.1 Å². The minimum Gasteiger partial charge on any atom is -0.366 e. The maximum Gasteiger partial charge on any atom is 0.0415 e. The third-order valence-electron chi connectivity index (χ3n) is 4.13. The molecule has 1 aliphatic rings. The van der Waals surface area contributed by atoms with Crippen molar-refractivity contribution < 1.29 is 0 Å². The van der Waals surface area contributed by atoms with Crippen LogP contribution in [-0.2, 0) is 0 Å². The smallest absolute Gasteiger partial charge is 0.0415 e. The zero-order valence-electron chi connectivity index (χ0n) is 11.5. The molecule has 0 saturated carbocycles. The van der Waals surface area contributed by atoms with Crippen LogP contribution in [0.25, 0.3) is 0 Å². The summed E-state index contributed by atoms with van der Waals surface area (Å²) in [4.78, 5) is 5.11. The number of hydrogen-bond acceptors (Lipinski definition) is 2. The Kier molecular flexibility index (Phi) is 3.72. The summed E-state index contributed by atoms with van der Waals surface area (Å²) in [5, 5.41) is 0. The van der Waals surface area contributed by atoms with Crippen LogP contribution >= 0.6 is 0 Å². The summed E-state index contributed by atoms with van der Waals surface area (Å²) in [6.45, 7) is 12.6. The van der Waals surface area contributed by atoms with Gasteiger partial charge in [0, 0.05) is 30.9 Å². The first-order valence-corrected chi connectivity index (χ1v) is 6.71. The largest absolute Gasteiger partial charge is 0.366 e. The maximum absolute atomic E-state index is 2.57. The standard InChI is InChI=1S/C15H24N2/c1-5-16-9-10-17(14(4)13(16)3)15-8-6-7-12(2)11-15/h6-8,11,13-14H,5,9-10H2,1-4H3. The van der Waals surface area contributed by atoms with Crippen LogP contribution in [0.5, 0.6) is 0 Å². The summed E-state index contributed by atoms with van der Waals surface area (Å²) in [6, 6.07) is 10.1. The Morgan fingerprint density at radius 2 is 1.94 bits per heavy atom. The molecular formula is C15H24N2. The summed E-state index contributed by atoms with van der Waals surface area (Å²) < 4.78 is 0. The molecule has 0 spiro atoms. The zero-order chi connectivity index (χ0) is 12.4. The van der Waals surface area contributed by atoms with E-state index in [1.54, 1.807) is 0 Å². The summed E-state index contributed by atoms with van der Waals surface area (Å²) in [5.74, 6) is 0. The summed E-state index contributed by atoms with van der Waals surface area (Å²) in [5.41, 5.74) is 2.72. The van der Waals surface area contributed by atoms with Crippen LogP contribution in [0.3, 0.4) is 0 Å². The van der Waals surface area contributed by atoms with Crippen molar-refractivity contribution in [1.82, 2.24) is 4.90 Å². The SMILES string of the molecule is CCN1CCN(c2cccc(C)c2)C(C)C1C. The van der Waals surface area contributed by atoms with E-state index < -0.39 is 0 Å². The van der Waals surface area contributed by atoms with Gasteiger partial charge in [-0.15, -0.1) is 0 Å². The van der Waals surface area contributed by atoms with Gasteiger partial charge in [0.2, 0.25) is 0 Å². The van der Waals surface area contributed by atoms with Gasteiger partial charge in [-0.25, -0.2) is 0 Å². The Balaban J connectivity index is 2.18. The molecule has 1 aromatic rings. The fourth-order valence-electron chi connectivity index (χ4n) is 2.83. The van der Waals surface area contributed by atoms with Gasteiger partial charge >= 0.3 is 0 Å². The molecule has 1 fully saturated rings. The van der Waals surface area contributed by atoms with E-state index >= 15 is 0 Å². The van der Waals surface area contributed by atoms with Gasteiger partial charge in [-0.2, -0.15) is 0 Å². The van der Waals surface area contributed by atoms with Crippen molar-refractivity contribution in [3.8, 4) is 0 Å². The van der Waals surface area contributed by atoms with Gasteiger partial charge in [-0.3, -0.25) is 4.90 Å². The molecule has 2 heteroatoms. The molecule has 17 heavy (non-hydrogen) atoms. The third kappa shape index (κ3) is 2.47. The van der Waals surface area contributed by atoms with Crippen LogP contribution in [0.2, 0.25) is 0 Å². The Bertz CT molecular complexity index is 375. The molecule has 2 unspecified atom stereocenters. The second-order valence-corrected chi connectivity index (χ2v) is 5.14. The average molecular weight is 232 g/mol. The number of rotatable bonds is 2. The molecule has 0 radical (unpaired) electrons. The summed E-state index contributed by atoms with van der Waals surface area (Å²) >= 11 is 0. The predicted octanol–water partition coefficient (Wildman–Crippen LogP) is 2.91. The Labute approximate surface area is 105 Å². The van der Waals surface area contributed by atoms with Crippen LogP contribution in [0.15, 0.2) is 24.3 Å². The van der Waals surface area contributed by atoms with Gasteiger partial charge < -0.3 is 4.90 Å². The van der Waals surface area contributed by atoms with E-state index in [-0.39, 0.29) is 0 Å². The number of benzene rings is 1. The molecule has 1 saturated heterocycles. The van der Waals surface area contributed by atoms with E-state index in [1.165, 1.54) is 17.8 Å². The van der Waals surface area contributed by atoms with E-state index in [0.29, 0.717) is 12.1 Å². The lowest BCUT2D eigenvalue weighted by atomic mass is 10.0. The molecule has 0 N–H and O–H groups in total. The summed E-state index contributed by atoms with van der Waals surface area (Å²) in [6.07, 6.45) is 0. The first-order valence-electron chi connectivity index (χ1n) is 6.71. The first kappa shape index (κ1) is 12.4. The van der Waals surface area contributed by atoms with Gasteiger partial charge in [-0.05, 0) is 45.0 Å². The van der Waals surface area contributed by atoms with Crippen molar-refractivity contribution >= 4 is 5.69 Å². The molecule has 0 amide bonds. The number of likely N-dealkylation sites (N-methyl/N-ethyl adjacent to an activating group) is 1. The molecular weight excluding hydrogens is 208 g/mol. The third-order valence-corrected chi connectivity index (χ3v) is 4.13. The summed E-state index contributed by atoms with van der Waals surface area (Å²) in [7, 11) is 0. The van der Waals surface area contributed by atoms with Crippen molar-refractivity contribution in [1.29, 1.82) is 0 Å². The van der Waals surface area contributed by atoms with Crippen molar-refractivity contribution in [3.05, 3.63) is 29.8 Å². The highest BCUT2D eigenvalue weighted by molar-refractivity contribution is 5.50. The monoisotopic (exact) mass is 232 g/mol. The average Bonchev–Trinajstić information content (AvgIpc) is 2.32. The fourth-order valence-corrected chi connectivity index (χ4v) is 2.83. The number of anilines is 1. The zero-order valence-corrected chi connectivity index (χ0v) is 11.5. The van der Waals surface area contributed by atoms with Crippen molar-refractivity contribution in [2.45, 2.75) is 39.8 Å². The van der Waals surface area contributed by atoms with E-state index in [4.69, 9.17) is 0 Å². The predicted molar refractivity (Wildman–Crippen MR) is 74.7 cm³/mol. The van der Waals surface area contributed by atoms with Crippen molar-refractivity contribution in [3.63, 3.8) is 0 Å². The van der Waals surface area contributed by atoms with Crippen LogP contribution in [0.1, 0.15) is 26.3 Å². The molecule has 0 aromatic heterocycles. The fraction of sp³-hybridized carbons (Fsp3) is 0.600. The normalized spacial score (nSPS) is 26.2. The maximum atomic E-state index is 2.57. The lowest BCUT2D eigenvalue weighted by molar-refractivity contribution is 0.166. The molecule has 1 heterocycles. The topological polar surface area (TPSA) is 6.48 Å². The lowest BCUT2D eigenvalue weighted by Gasteiger charge is -2.46. The van der Waals surface area contributed by atoms with Crippen LogP contribution in [-0.4, -0.2) is 36.6 Å². The van der Waals surface area contributed by atoms with E-state index in [0.717, 1.165) is 13.1 Å². The van der Waals surface area contributed by atoms with Gasteiger partial charge in [0.05, 0.1) is 0 Å². The highest BCUT2D eigenvalue weighted by Crippen LogP contribution is 2.24. The highest BCUT2D eigenvalue weighted by Gasteiger charge is 2.29. The van der Waals surface area contributed by atoms with Gasteiger partial charge in [0.25, 0.3) is 0 Å². The Morgan fingerprint density at radius 3 is 2.59 bits per heavy atom. The van der Waals surface area contributed by atoms with Crippen molar-refractivity contribution in [2.75, 3.05) is 24.5 Å². The Hall–Kier alpha value is -1.02. The van der Waals surface area contributed by atoms with Gasteiger partial charge in [0.1, 0.15) is 0 Å². The number of piperazine rings is 1. The minimum atomic E-state index is 0.588. The quantitative estimate of drug-likeness (QED) is 0.773. The van der Waals surface area contributed by atoms with Crippen LogP contribution < -0.4 is 4.90 Å².